The van der Waals surface area contributed by atoms with Crippen molar-refractivity contribution in [2.75, 3.05) is 12.4 Å². The highest BCUT2D eigenvalue weighted by Gasteiger charge is 2.42. The lowest BCUT2D eigenvalue weighted by Gasteiger charge is -2.15. The molecule has 0 saturated carbocycles. The van der Waals surface area contributed by atoms with Crippen molar-refractivity contribution in [3.63, 3.8) is 0 Å². The summed E-state index contributed by atoms with van der Waals surface area (Å²) in [6, 6.07) is 4.72. The first-order chi connectivity index (χ1) is 12.5. The lowest BCUT2D eigenvalue weighted by molar-refractivity contribution is -0.143. The third-order valence-electron chi connectivity index (χ3n) is 3.60. The molecule has 0 heterocycles. The fourth-order valence-electron chi connectivity index (χ4n) is 2.39. The normalized spacial score (nSPS) is 11.4. The number of alkyl halides is 3. The number of nitrogens with one attached hydrogen (secondary N) is 1. The monoisotopic (exact) mass is 395 g/mol. The molecular formula is C17H12F7NO2. The van der Waals surface area contributed by atoms with Crippen molar-refractivity contribution in [3.05, 3.63) is 58.2 Å². The number of hydrogen-bond donors (Lipinski definition) is 1. The largest absolute Gasteiger partial charge is 0.496 e. The van der Waals surface area contributed by atoms with E-state index in [-0.39, 0.29) is 5.75 Å². The van der Waals surface area contributed by atoms with E-state index in [0.29, 0.717) is 5.56 Å². The molecule has 1 N–H and O–H groups in total. The van der Waals surface area contributed by atoms with Gasteiger partial charge < -0.3 is 10.1 Å². The number of halogens is 7. The van der Waals surface area contributed by atoms with Gasteiger partial charge in [-0.3, -0.25) is 4.79 Å². The van der Waals surface area contributed by atoms with Gasteiger partial charge >= 0.3 is 6.18 Å². The van der Waals surface area contributed by atoms with Gasteiger partial charge in [-0.2, -0.15) is 13.2 Å². The molecule has 0 bridgehead atoms. The Kier molecular flexibility index (Phi) is 5.67. The minimum Gasteiger partial charge on any atom is -0.496 e. The zero-order valence-corrected chi connectivity index (χ0v) is 13.9. The first-order valence-electron chi connectivity index (χ1n) is 7.33. The number of anilines is 1. The van der Waals surface area contributed by atoms with Crippen LogP contribution in [0.4, 0.5) is 36.4 Å². The van der Waals surface area contributed by atoms with Gasteiger partial charge in [-0.15, -0.1) is 0 Å². The molecule has 0 fully saturated rings. The fourth-order valence-corrected chi connectivity index (χ4v) is 2.39. The number of ether oxygens (including phenoxy) is 1. The highest BCUT2D eigenvalue weighted by molar-refractivity contribution is 5.93. The maximum absolute atomic E-state index is 13.8. The molecule has 3 nitrogen and oxygen atoms in total. The molecule has 0 aromatic heterocycles. The van der Waals surface area contributed by atoms with Crippen LogP contribution in [0.1, 0.15) is 16.7 Å². The molecule has 2 aromatic rings. The lowest BCUT2D eigenvalue weighted by Crippen LogP contribution is -2.21. The summed E-state index contributed by atoms with van der Waals surface area (Å²) in [5, 5.41) is 1.57. The van der Waals surface area contributed by atoms with Crippen LogP contribution >= 0.6 is 0 Å². The van der Waals surface area contributed by atoms with Gasteiger partial charge in [0.1, 0.15) is 17.0 Å². The van der Waals surface area contributed by atoms with E-state index in [2.05, 4.69) is 0 Å². The number of amides is 1. The van der Waals surface area contributed by atoms with Crippen LogP contribution in [0.5, 0.6) is 5.75 Å². The van der Waals surface area contributed by atoms with Crippen molar-refractivity contribution in [1.29, 1.82) is 0 Å². The summed E-state index contributed by atoms with van der Waals surface area (Å²) in [5.74, 6) is -10.9. The van der Waals surface area contributed by atoms with Crippen molar-refractivity contribution >= 4 is 11.6 Å². The van der Waals surface area contributed by atoms with Crippen molar-refractivity contribution < 1.29 is 40.3 Å². The second-order valence-corrected chi connectivity index (χ2v) is 5.54. The summed E-state index contributed by atoms with van der Waals surface area (Å²) in [6.45, 7) is 1.70. The summed E-state index contributed by atoms with van der Waals surface area (Å²) < 4.78 is 97.5. The number of aryl methyl sites for hydroxylation is 1. The van der Waals surface area contributed by atoms with E-state index in [9.17, 15) is 35.5 Å². The molecule has 0 spiro atoms. The molecule has 0 radical (unpaired) electrons. The molecule has 2 aromatic carbocycles. The minimum absolute atomic E-state index is 0.265. The Labute approximate surface area is 148 Å². The molecule has 0 aliphatic carbocycles. The van der Waals surface area contributed by atoms with Gasteiger partial charge in [0.05, 0.1) is 13.5 Å². The highest BCUT2D eigenvalue weighted by Crippen LogP contribution is 2.38. The first kappa shape index (κ1) is 20.5. The second kappa shape index (κ2) is 7.45. The predicted molar refractivity (Wildman–Crippen MR) is 81.3 cm³/mol. The van der Waals surface area contributed by atoms with Crippen LogP contribution in [-0.2, 0) is 17.4 Å². The van der Waals surface area contributed by atoms with Crippen molar-refractivity contribution in [2.45, 2.75) is 19.5 Å². The Hall–Kier alpha value is -2.78. The average molecular weight is 395 g/mol. The van der Waals surface area contributed by atoms with Gasteiger partial charge in [0.15, 0.2) is 23.3 Å². The number of benzene rings is 2. The van der Waals surface area contributed by atoms with Crippen LogP contribution in [0.2, 0.25) is 0 Å². The van der Waals surface area contributed by atoms with Gasteiger partial charge in [-0.1, -0.05) is 17.7 Å². The SMILES string of the molecule is COc1ccc(C)cc1CC(=O)Nc1c(F)c(F)c(C(F)(F)F)c(F)c1F. The number of carbonyl (C=O) groups excluding carboxylic acids is 1. The summed E-state index contributed by atoms with van der Waals surface area (Å²) in [5.41, 5.74) is -3.34. The Morgan fingerprint density at radius 3 is 2.07 bits per heavy atom. The van der Waals surface area contributed by atoms with Gasteiger partial charge in [0.2, 0.25) is 5.91 Å². The molecule has 10 heteroatoms. The number of rotatable bonds is 4. The standard InChI is InChI=1S/C17H12F7NO2/c1-7-3-4-9(27-2)8(5-7)6-10(26)25-16-14(20)12(18)11(17(22,23)24)13(19)15(16)21/h3-5H,6H2,1-2H3,(H,25,26). The third-order valence-corrected chi connectivity index (χ3v) is 3.60. The van der Waals surface area contributed by atoms with Gasteiger partial charge in [0, 0.05) is 5.56 Å². The van der Waals surface area contributed by atoms with Crippen LogP contribution in [-0.4, -0.2) is 13.0 Å². The third kappa shape index (κ3) is 4.15. The number of hydrogen-bond acceptors (Lipinski definition) is 2. The van der Waals surface area contributed by atoms with Crippen LogP contribution < -0.4 is 10.1 Å². The number of methoxy groups -OCH3 is 1. The fraction of sp³-hybridized carbons (Fsp3) is 0.235. The van der Waals surface area contributed by atoms with Crippen LogP contribution in [0.15, 0.2) is 18.2 Å². The van der Waals surface area contributed by atoms with Crippen molar-refractivity contribution in [3.8, 4) is 5.75 Å². The molecule has 0 aliphatic rings. The van der Waals surface area contributed by atoms with E-state index < -0.39 is 53.0 Å². The van der Waals surface area contributed by atoms with Crippen LogP contribution in [0.25, 0.3) is 0 Å². The summed E-state index contributed by atoms with van der Waals surface area (Å²) in [6.07, 6.45) is -6.17. The molecule has 27 heavy (non-hydrogen) atoms. The van der Waals surface area contributed by atoms with E-state index in [1.807, 2.05) is 0 Å². The topological polar surface area (TPSA) is 38.3 Å². The molecule has 0 aliphatic heterocycles. The molecule has 0 saturated heterocycles. The molecule has 146 valence electrons. The predicted octanol–water partition coefficient (Wildman–Crippen LogP) is 4.76. The molecule has 2 rings (SSSR count). The van der Waals surface area contributed by atoms with Gasteiger partial charge in [-0.25, -0.2) is 17.6 Å². The summed E-state index contributed by atoms with van der Waals surface area (Å²) in [7, 11) is 1.31. The van der Waals surface area contributed by atoms with Crippen molar-refractivity contribution in [2.24, 2.45) is 0 Å². The Bertz CT molecular complexity index is 865. The molecule has 0 atom stereocenters. The van der Waals surface area contributed by atoms with E-state index in [1.165, 1.54) is 19.2 Å². The van der Waals surface area contributed by atoms with Crippen LogP contribution in [0.3, 0.4) is 0 Å². The van der Waals surface area contributed by atoms with Crippen LogP contribution in [0, 0.1) is 30.2 Å². The molecular weight excluding hydrogens is 383 g/mol. The quantitative estimate of drug-likeness (QED) is 0.599. The average Bonchev–Trinajstić information content (AvgIpc) is 2.56. The molecule has 0 unspecified atom stereocenters. The van der Waals surface area contributed by atoms with E-state index in [1.54, 1.807) is 18.3 Å². The van der Waals surface area contributed by atoms with Gasteiger partial charge in [0.25, 0.3) is 0 Å². The Balaban J connectivity index is 2.38. The zero-order valence-electron chi connectivity index (χ0n) is 13.9. The smallest absolute Gasteiger partial charge is 0.422 e. The van der Waals surface area contributed by atoms with E-state index >= 15 is 0 Å². The van der Waals surface area contributed by atoms with Gasteiger partial charge in [-0.05, 0) is 13.0 Å². The maximum Gasteiger partial charge on any atom is 0.422 e. The summed E-state index contributed by atoms with van der Waals surface area (Å²) in [4.78, 5) is 12.0. The minimum atomic E-state index is -5.66. The first-order valence-corrected chi connectivity index (χ1v) is 7.33. The van der Waals surface area contributed by atoms with E-state index in [0.717, 1.165) is 5.56 Å². The number of carbonyl (C=O) groups is 1. The second-order valence-electron chi connectivity index (χ2n) is 5.54. The van der Waals surface area contributed by atoms with Crippen molar-refractivity contribution in [1.82, 2.24) is 0 Å². The summed E-state index contributed by atoms with van der Waals surface area (Å²) >= 11 is 0. The highest BCUT2D eigenvalue weighted by atomic mass is 19.4. The van der Waals surface area contributed by atoms with E-state index in [4.69, 9.17) is 4.74 Å². The Morgan fingerprint density at radius 2 is 1.59 bits per heavy atom. The maximum atomic E-state index is 13.8. The molecule has 1 amide bonds. The lowest BCUT2D eigenvalue weighted by atomic mass is 10.1. The zero-order chi connectivity index (χ0) is 20.5. The Morgan fingerprint density at radius 1 is 1.04 bits per heavy atom.